The van der Waals surface area contributed by atoms with Crippen LogP contribution in [0, 0.1) is 18.3 Å². The summed E-state index contributed by atoms with van der Waals surface area (Å²) < 4.78 is 0. The minimum atomic E-state index is -0.444. The lowest BCUT2D eigenvalue weighted by Crippen LogP contribution is -2.13. The van der Waals surface area contributed by atoms with Crippen LogP contribution in [0.1, 0.15) is 10.4 Å². The van der Waals surface area contributed by atoms with Gasteiger partial charge in [-0.1, -0.05) is 23.7 Å². The molecular weight excluding hydrogens is 292 g/mol. The molecule has 0 saturated carbocycles. The van der Waals surface area contributed by atoms with Crippen LogP contribution >= 0.6 is 22.9 Å². The SMILES string of the molecule is Cc1ccc(NC(=O)/C(C#N)=C/c2cccs2)cc1Cl. The van der Waals surface area contributed by atoms with E-state index in [1.807, 2.05) is 36.6 Å². The van der Waals surface area contributed by atoms with Gasteiger partial charge in [0.05, 0.1) is 0 Å². The third-order valence-electron chi connectivity index (χ3n) is 2.62. The van der Waals surface area contributed by atoms with Crippen molar-refractivity contribution in [2.24, 2.45) is 0 Å². The van der Waals surface area contributed by atoms with Crippen LogP contribution in [0.3, 0.4) is 0 Å². The van der Waals surface area contributed by atoms with Gasteiger partial charge in [0.2, 0.25) is 0 Å². The van der Waals surface area contributed by atoms with Gasteiger partial charge in [-0.2, -0.15) is 5.26 Å². The maximum absolute atomic E-state index is 12.0. The fourth-order valence-corrected chi connectivity index (χ4v) is 2.37. The molecule has 0 radical (unpaired) electrons. The van der Waals surface area contributed by atoms with Gasteiger partial charge in [0.15, 0.2) is 0 Å². The highest BCUT2D eigenvalue weighted by atomic mass is 35.5. The first-order valence-corrected chi connectivity index (χ1v) is 7.08. The largest absolute Gasteiger partial charge is 0.321 e. The average Bonchev–Trinajstić information content (AvgIpc) is 2.93. The Balaban J connectivity index is 2.18. The monoisotopic (exact) mass is 302 g/mol. The van der Waals surface area contributed by atoms with Crippen molar-refractivity contribution in [3.8, 4) is 6.07 Å². The zero-order chi connectivity index (χ0) is 14.5. The zero-order valence-electron chi connectivity index (χ0n) is 10.7. The van der Waals surface area contributed by atoms with E-state index >= 15 is 0 Å². The van der Waals surface area contributed by atoms with Crippen LogP contribution in [0.5, 0.6) is 0 Å². The van der Waals surface area contributed by atoms with E-state index in [2.05, 4.69) is 5.32 Å². The fraction of sp³-hybridized carbons (Fsp3) is 0.0667. The average molecular weight is 303 g/mol. The van der Waals surface area contributed by atoms with Crippen LogP contribution < -0.4 is 5.32 Å². The Hall–Kier alpha value is -2.09. The number of nitriles is 1. The number of hydrogen-bond donors (Lipinski definition) is 1. The lowest BCUT2D eigenvalue weighted by Gasteiger charge is -2.06. The topological polar surface area (TPSA) is 52.9 Å². The summed E-state index contributed by atoms with van der Waals surface area (Å²) in [5, 5.41) is 14.2. The molecule has 2 aromatic rings. The lowest BCUT2D eigenvalue weighted by atomic mass is 10.2. The van der Waals surface area contributed by atoms with Crippen molar-refractivity contribution in [1.29, 1.82) is 5.26 Å². The first kappa shape index (κ1) is 14.3. The standard InChI is InChI=1S/C15H11ClN2OS/c1-10-4-5-12(8-14(10)16)18-15(19)11(9-17)7-13-3-2-6-20-13/h2-8H,1H3,(H,18,19)/b11-7+. The molecule has 0 unspecified atom stereocenters. The van der Waals surface area contributed by atoms with Gasteiger partial charge >= 0.3 is 0 Å². The first-order chi connectivity index (χ1) is 9.60. The molecule has 5 heteroatoms. The Morgan fingerprint density at radius 3 is 2.85 bits per heavy atom. The van der Waals surface area contributed by atoms with Gasteiger partial charge in [-0.3, -0.25) is 4.79 Å². The van der Waals surface area contributed by atoms with Crippen LogP contribution in [0.25, 0.3) is 6.08 Å². The van der Waals surface area contributed by atoms with Crippen LogP contribution in [0.4, 0.5) is 5.69 Å². The molecule has 2 rings (SSSR count). The summed E-state index contributed by atoms with van der Waals surface area (Å²) in [6.07, 6.45) is 1.57. The molecule has 0 bridgehead atoms. The predicted octanol–water partition coefficient (Wildman–Crippen LogP) is 4.26. The zero-order valence-corrected chi connectivity index (χ0v) is 12.3. The van der Waals surface area contributed by atoms with Gasteiger partial charge < -0.3 is 5.32 Å². The maximum Gasteiger partial charge on any atom is 0.266 e. The molecule has 1 aromatic carbocycles. The number of amides is 1. The molecule has 0 aliphatic rings. The second-order valence-electron chi connectivity index (χ2n) is 4.10. The lowest BCUT2D eigenvalue weighted by molar-refractivity contribution is -0.112. The van der Waals surface area contributed by atoms with Crippen LogP contribution in [-0.2, 0) is 4.79 Å². The summed E-state index contributed by atoms with van der Waals surface area (Å²) in [6, 6.07) is 10.8. The molecule has 3 nitrogen and oxygen atoms in total. The molecule has 0 aliphatic heterocycles. The van der Waals surface area contributed by atoms with Gasteiger partial charge in [-0.15, -0.1) is 11.3 Å². The molecular formula is C15H11ClN2OS. The van der Waals surface area contributed by atoms with Gasteiger partial charge in [0.1, 0.15) is 11.6 Å². The van der Waals surface area contributed by atoms with E-state index in [9.17, 15) is 4.79 Å². The van der Waals surface area contributed by atoms with E-state index in [1.165, 1.54) is 11.3 Å². The van der Waals surface area contributed by atoms with Gasteiger partial charge in [0, 0.05) is 15.6 Å². The molecule has 0 fully saturated rings. The van der Waals surface area contributed by atoms with E-state index < -0.39 is 5.91 Å². The quantitative estimate of drug-likeness (QED) is 0.680. The Bertz CT molecular complexity index is 699. The smallest absolute Gasteiger partial charge is 0.266 e. The molecule has 20 heavy (non-hydrogen) atoms. The summed E-state index contributed by atoms with van der Waals surface area (Å²) in [4.78, 5) is 12.9. The normalized spacial score (nSPS) is 10.9. The number of halogens is 1. The fourth-order valence-electron chi connectivity index (χ4n) is 1.53. The summed E-state index contributed by atoms with van der Waals surface area (Å²) in [5.41, 5.74) is 1.56. The summed E-state index contributed by atoms with van der Waals surface area (Å²) in [5.74, 6) is -0.444. The number of nitrogens with one attached hydrogen (secondary N) is 1. The summed E-state index contributed by atoms with van der Waals surface area (Å²) in [6.45, 7) is 1.88. The number of benzene rings is 1. The van der Waals surface area contributed by atoms with Crippen LogP contribution in [0.15, 0.2) is 41.3 Å². The minimum Gasteiger partial charge on any atom is -0.321 e. The molecule has 1 amide bonds. The number of carbonyl (C=O) groups is 1. The number of aryl methyl sites for hydroxylation is 1. The van der Waals surface area contributed by atoms with Crippen LogP contribution in [-0.4, -0.2) is 5.91 Å². The second kappa shape index (κ2) is 6.38. The molecule has 0 aliphatic carbocycles. The highest BCUT2D eigenvalue weighted by molar-refractivity contribution is 7.10. The number of nitrogens with zero attached hydrogens (tertiary/aromatic N) is 1. The van der Waals surface area contributed by atoms with Crippen molar-refractivity contribution >= 4 is 40.6 Å². The molecule has 1 N–H and O–H groups in total. The highest BCUT2D eigenvalue weighted by Crippen LogP contribution is 2.21. The van der Waals surface area contributed by atoms with Crippen molar-refractivity contribution in [1.82, 2.24) is 0 Å². The van der Waals surface area contributed by atoms with Gasteiger partial charge in [0.25, 0.3) is 5.91 Å². The van der Waals surface area contributed by atoms with E-state index in [1.54, 1.807) is 18.2 Å². The number of anilines is 1. The summed E-state index contributed by atoms with van der Waals surface area (Å²) in [7, 11) is 0. The number of thiophene rings is 1. The van der Waals surface area contributed by atoms with E-state index in [0.717, 1.165) is 10.4 Å². The number of carbonyl (C=O) groups excluding carboxylic acids is 1. The third-order valence-corrected chi connectivity index (χ3v) is 3.85. The number of hydrogen-bond acceptors (Lipinski definition) is 3. The van der Waals surface area contributed by atoms with Gasteiger partial charge in [-0.25, -0.2) is 0 Å². The number of rotatable bonds is 3. The Morgan fingerprint density at radius 1 is 1.45 bits per heavy atom. The molecule has 0 spiro atoms. The van der Waals surface area contributed by atoms with E-state index in [4.69, 9.17) is 16.9 Å². The van der Waals surface area contributed by atoms with Crippen LogP contribution in [0.2, 0.25) is 5.02 Å². The Labute approximate surface area is 126 Å². The maximum atomic E-state index is 12.0. The minimum absolute atomic E-state index is 0.0594. The molecule has 0 saturated heterocycles. The van der Waals surface area contributed by atoms with E-state index in [0.29, 0.717) is 10.7 Å². The van der Waals surface area contributed by atoms with Crippen molar-refractivity contribution in [2.75, 3.05) is 5.32 Å². The van der Waals surface area contributed by atoms with Gasteiger partial charge in [-0.05, 0) is 42.1 Å². The Kier molecular flexibility index (Phi) is 4.57. The van der Waals surface area contributed by atoms with Crippen molar-refractivity contribution in [3.63, 3.8) is 0 Å². The third kappa shape index (κ3) is 3.47. The molecule has 1 aromatic heterocycles. The van der Waals surface area contributed by atoms with E-state index in [-0.39, 0.29) is 5.57 Å². The molecule has 100 valence electrons. The van der Waals surface area contributed by atoms with Crippen molar-refractivity contribution in [3.05, 3.63) is 56.7 Å². The summed E-state index contributed by atoms with van der Waals surface area (Å²) >= 11 is 7.46. The van der Waals surface area contributed by atoms with Crippen molar-refractivity contribution in [2.45, 2.75) is 6.92 Å². The Morgan fingerprint density at radius 2 is 2.25 bits per heavy atom. The predicted molar refractivity (Wildman–Crippen MR) is 82.7 cm³/mol. The second-order valence-corrected chi connectivity index (χ2v) is 5.49. The molecule has 1 heterocycles. The highest BCUT2D eigenvalue weighted by Gasteiger charge is 2.10. The molecule has 0 atom stereocenters. The first-order valence-electron chi connectivity index (χ1n) is 5.83. The van der Waals surface area contributed by atoms with Crippen molar-refractivity contribution < 1.29 is 4.79 Å².